The van der Waals surface area contributed by atoms with E-state index in [1.807, 2.05) is 6.07 Å². The van der Waals surface area contributed by atoms with E-state index in [4.69, 9.17) is 0 Å². The molecule has 0 amide bonds. The number of fused-ring (bicyclic) bond motifs is 2. The summed E-state index contributed by atoms with van der Waals surface area (Å²) in [7, 11) is -3.84. The first-order chi connectivity index (χ1) is 13.8. The highest BCUT2D eigenvalue weighted by atomic mass is 32.2. The smallest absolute Gasteiger partial charge is 0.261 e. The van der Waals surface area contributed by atoms with E-state index in [0.717, 1.165) is 6.42 Å². The van der Waals surface area contributed by atoms with E-state index in [2.05, 4.69) is 23.9 Å². The molecular formula is C21H23N3O4S. The molecule has 0 fully saturated rings. The molecule has 29 heavy (non-hydrogen) atoms. The number of pyridine rings is 1. The lowest BCUT2D eigenvalue weighted by Gasteiger charge is -2.29. The Morgan fingerprint density at radius 3 is 2.55 bits per heavy atom. The Hall–Kier alpha value is -2.84. The van der Waals surface area contributed by atoms with Gasteiger partial charge in [0.2, 0.25) is 10.0 Å². The van der Waals surface area contributed by atoms with Gasteiger partial charge in [0.1, 0.15) is 16.8 Å². The Balaban J connectivity index is 1.92. The van der Waals surface area contributed by atoms with Gasteiger partial charge >= 0.3 is 0 Å². The third-order valence-electron chi connectivity index (χ3n) is 5.15. The molecule has 0 saturated carbocycles. The number of nitrogens with zero attached hydrogens (tertiary/aromatic N) is 1. The van der Waals surface area contributed by atoms with Crippen molar-refractivity contribution in [1.29, 1.82) is 0 Å². The Bertz CT molecular complexity index is 1250. The lowest BCUT2D eigenvalue weighted by Crippen LogP contribution is -2.42. The largest absolute Gasteiger partial charge is 0.507 e. The van der Waals surface area contributed by atoms with Crippen LogP contribution in [-0.2, 0) is 16.6 Å². The number of nitrogens with one attached hydrogen (secondary N) is 2. The van der Waals surface area contributed by atoms with Gasteiger partial charge in [0.25, 0.3) is 5.56 Å². The number of para-hydroxylation sites is 2. The van der Waals surface area contributed by atoms with Gasteiger partial charge in [-0.25, -0.2) is 8.42 Å². The summed E-state index contributed by atoms with van der Waals surface area (Å²) in [5.74, 6) is 0.169. The normalized spacial score (nSPS) is 17.8. The zero-order chi connectivity index (χ0) is 20.8. The van der Waals surface area contributed by atoms with E-state index in [-0.39, 0.29) is 16.2 Å². The van der Waals surface area contributed by atoms with Gasteiger partial charge in [-0.1, -0.05) is 38.1 Å². The van der Waals surface area contributed by atoms with Gasteiger partial charge in [-0.3, -0.25) is 4.79 Å². The predicted octanol–water partition coefficient (Wildman–Crippen LogP) is 3.16. The van der Waals surface area contributed by atoms with Crippen molar-refractivity contribution in [3.8, 4) is 5.75 Å². The van der Waals surface area contributed by atoms with Crippen molar-refractivity contribution in [2.45, 2.75) is 37.9 Å². The Morgan fingerprint density at radius 2 is 1.79 bits per heavy atom. The SMILES string of the molecule is CC(C)CCn1c(=O)c(C2Nc3ccccc3S(=O)(=O)N2)c(O)c2ccccc21. The summed E-state index contributed by atoms with van der Waals surface area (Å²) in [6.45, 7) is 4.62. The molecule has 1 aliphatic rings. The number of sulfonamides is 1. The fraction of sp³-hybridized carbons (Fsp3) is 0.286. The van der Waals surface area contributed by atoms with Gasteiger partial charge in [-0.15, -0.1) is 0 Å². The minimum absolute atomic E-state index is 0.00876. The van der Waals surface area contributed by atoms with Crippen LogP contribution >= 0.6 is 0 Å². The molecule has 1 aliphatic heterocycles. The first-order valence-corrected chi connectivity index (χ1v) is 11.0. The molecule has 152 valence electrons. The average molecular weight is 413 g/mol. The number of benzene rings is 2. The molecule has 0 radical (unpaired) electrons. The molecule has 0 bridgehead atoms. The molecule has 0 aliphatic carbocycles. The standard InChI is InChI=1S/C21H23N3O4S/c1-13(2)11-12-24-16-9-5-3-7-14(16)19(25)18(21(24)26)20-22-15-8-4-6-10-17(15)29(27,28)23-20/h3-10,13,20,22-23,25H,11-12H2,1-2H3. The van der Waals surface area contributed by atoms with E-state index >= 15 is 0 Å². The zero-order valence-electron chi connectivity index (χ0n) is 16.2. The van der Waals surface area contributed by atoms with Crippen molar-refractivity contribution in [2.24, 2.45) is 5.92 Å². The second kappa shape index (κ2) is 7.20. The second-order valence-corrected chi connectivity index (χ2v) is 9.30. The fourth-order valence-corrected chi connectivity index (χ4v) is 4.92. The Labute approximate surface area is 169 Å². The maximum Gasteiger partial charge on any atom is 0.261 e. The molecule has 0 spiro atoms. The first kappa shape index (κ1) is 19.5. The van der Waals surface area contributed by atoms with E-state index in [1.54, 1.807) is 41.0 Å². The van der Waals surface area contributed by atoms with Gasteiger partial charge in [0, 0.05) is 11.9 Å². The van der Waals surface area contributed by atoms with Crippen LogP contribution in [0.4, 0.5) is 5.69 Å². The number of rotatable bonds is 4. The van der Waals surface area contributed by atoms with Crippen LogP contribution in [0.2, 0.25) is 0 Å². The lowest BCUT2D eigenvalue weighted by atomic mass is 10.1. The molecule has 2 heterocycles. The number of hydrogen-bond donors (Lipinski definition) is 3. The molecule has 3 aromatic rings. The maximum absolute atomic E-state index is 13.4. The molecular weight excluding hydrogens is 390 g/mol. The van der Waals surface area contributed by atoms with E-state index in [0.29, 0.717) is 29.1 Å². The minimum Gasteiger partial charge on any atom is -0.507 e. The van der Waals surface area contributed by atoms with Crippen LogP contribution in [0.1, 0.15) is 32.0 Å². The highest BCUT2D eigenvalue weighted by Gasteiger charge is 2.33. The molecule has 7 nitrogen and oxygen atoms in total. The molecule has 0 saturated heterocycles. The maximum atomic E-state index is 13.4. The Kier molecular flexibility index (Phi) is 4.84. The van der Waals surface area contributed by atoms with Crippen molar-refractivity contribution < 1.29 is 13.5 Å². The summed E-state index contributed by atoms with van der Waals surface area (Å²) in [5, 5.41) is 14.5. The summed E-state index contributed by atoms with van der Waals surface area (Å²) in [5.41, 5.74) is 0.586. The topological polar surface area (TPSA) is 100 Å². The van der Waals surface area contributed by atoms with Gasteiger partial charge in [-0.05, 0) is 36.6 Å². The predicted molar refractivity (Wildman–Crippen MR) is 112 cm³/mol. The quantitative estimate of drug-likeness (QED) is 0.610. The minimum atomic E-state index is -3.84. The monoisotopic (exact) mass is 413 g/mol. The van der Waals surface area contributed by atoms with Gasteiger partial charge < -0.3 is 15.0 Å². The van der Waals surface area contributed by atoms with Gasteiger partial charge in [0.05, 0.1) is 16.8 Å². The molecule has 1 aromatic heterocycles. The highest BCUT2D eigenvalue weighted by molar-refractivity contribution is 7.89. The number of aromatic nitrogens is 1. The van der Waals surface area contributed by atoms with E-state index < -0.39 is 21.7 Å². The third-order valence-corrected chi connectivity index (χ3v) is 6.63. The van der Waals surface area contributed by atoms with Crippen LogP contribution in [0.25, 0.3) is 10.9 Å². The second-order valence-electron chi connectivity index (χ2n) is 7.61. The molecule has 1 atom stereocenters. The lowest BCUT2D eigenvalue weighted by molar-refractivity contribution is 0.457. The molecule has 1 unspecified atom stereocenters. The van der Waals surface area contributed by atoms with Crippen molar-refractivity contribution in [1.82, 2.24) is 9.29 Å². The summed E-state index contributed by atoms with van der Waals surface area (Å²) in [6, 6.07) is 13.6. The highest BCUT2D eigenvalue weighted by Crippen LogP contribution is 2.35. The zero-order valence-corrected chi connectivity index (χ0v) is 17.0. The van der Waals surface area contributed by atoms with Crippen molar-refractivity contribution in [3.05, 3.63) is 64.4 Å². The third kappa shape index (κ3) is 3.38. The number of anilines is 1. The molecule has 3 N–H and O–H groups in total. The van der Waals surface area contributed by atoms with Crippen molar-refractivity contribution in [2.75, 3.05) is 5.32 Å². The van der Waals surface area contributed by atoms with Crippen LogP contribution in [0.5, 0.6) is 5.75 Å². The molecule has 4 rings (SSSR count). The van der Waals surface area contributed by atoms with Crippen LogP contribution < -0.4 is 15.6 Å². The summed E-state index contributed by atoms with van der Waals surface area (Å²) < 4.78 is 29.5. The fourth-order valence-electron chi connectivity index (χ4n) is 3.63. The van der Waals surface area contributed by atoms with E-state index in [9.17, 15) is 18.3 Å². The molecule has 8 heteroatoms. The van der Waals surface area contributed by atoms with Crippen LogP contribution in [0.3, 0.4) is 0 Å². The van der Waals surface area contributed by atoms with Gasteiger partial charge in [-0.2, -0.15) is 4.72 Å². The Morgan fingerprint density at radius 1 is 1.10 bits per heavy atom. The van der Waals surface area contributed by atoms with E-state index in [1.165, 1.54) is 6.07 Å². The van der Waals surface area contributed by atoms with Crippen molar-refractivity contribution >= 4 is 26.6 Å². The van der Waals surface area contributed by atoms with Crippen molar-refractivity contribution in [3.63, 3.8) is 0 Å². The summed E-state index contributed by atoms with van der Waals surface area (Å²) >= 11 is 0. The summed E-state index contributed by atoms with van der Waals surface area (Å²) in [6.07, 6.45) is -0.293. The number of hydrogen-bond acceptors (Lipinski definition) is 5. The first-order valence-electron chi connectivity index (χ1n) is 9.52. The van der Waals surface area contributed by atoms with Crippen LogP contribution in [0.15, 0.2) is 58.2 Å². The molecule has 2 aromatic carbocycles. The average Bonchev–Trinajstić information content (AvgIpc) is 2.67. The van der Waals surface area contributed by atoms with Crippen LogP contribution in [-0.4, -0.2) is 18.1 Å². The number of aryl methyl sites for hydroxylation is 1. The number of aromatic hydroxyl groups is 1. The van der Waals surface area contributed by atoms with Gasteiger partial charge in [0.15, 0.2) is 0 Å². The van der Waals surface area contributed by atoms with Crippen LogP contribution in [0, 0.1) is 5.92 Å². The summed E-state index contributed by atoms with van der Waals surface area (Å²) in [4.78, 5) is 13.5.